The van der Waals surface area contributed by atoms with Gasteiger partial charge in [0.25, 0.3) is 5.91 Å². The molecular formula is C18H17IN2O4. The Labute approximate surface area is 158 Å². The van der Waals surface area contributed by atoms with E-state index in [4.69, 9.17) is 10.5 Å². The van der Waals surface area contributed by atoms with Crippen LogP contribution in [0.2, 0.25) is 0 Å². The monoisotopic (exact) mass is 452 g/mol. The zero-order chi connectivity index (χ0) is 18.4. The summed E-state index contributed by atoms with van der Waals surface area (Å²) < 4.78 is 5.99. The molecule has 0 heterocycles. The predicted molar refractivity (Wildman–Crippen MR) is 101 cm³/mol. The minimum atomic E-state index is -0.819. The maximum atomic E-state index is 12.3. The fourth-order valence-corrected chi connectivity index (χ4v) is 2.52. The Morgan fingerprint density at radius 1 is 1.08 bits per heavy atom. The fourth-order valence-electron chi connectivity index (χ4n) is 2.16. The first-order valence-electron chi connectivity index (χ1n) is 7.48. The lowest BCUT2D eigenvalue weighted by molar-refractivity contribution is -0.131. The molecule has 0 unspecified atom stereocenters. The molecule has 25 heavy (non-hydrogen) atoms. The molecule has 1 atom stereocenters. The summed E-state index contributed by atoms with van der Waals surface area (Å²) in [7, 11) is 0. The van der Waals surface area contributed by atoms with Crippen molar-refractivity contribution in [3.05, 3.63) is 63.2 Å². The molecule has 0 aromatic heterocycles. The van der Waals surface area contributed by atoms with Crippen molar-refractivity contribution in [3.8, 4) is 5.75 Å². The van der Waals surface area contributed by atoms with Crippen LogP contribution in [-0.4, -0.2) is 23.8 Å². The smallest absolute Gasteiger partial charge is 0.308 e. The summed E-state index contributed by atoms with van der Waals surface area (Å²) in [4.78, 5) is 34.9. The van der Waals surface area contributed by atoms with Crippen molar-refractivity contribution in [1.82, 2.24) is 5.32 Å². The number of amides is 2. The third kappa shape index (κ3) is 5.86. The number of nitrogens with two attached hydrogens (primary N) is 1. The molecule has 7 heteroatoms. The van der Waals surface area contributed by atoms with Gasteiger partial charge in [-0.2, -0.15) is 0 Å². The van der Waals surface area contributed by atoms with Gasteiger partial charge in [0.15, 0.2) is 0 Å². The standard InChI is InChI=1S/C18H17IN2O4/c1-11(22)25-15-8-4-13(5-9-15)18(24)21-16(17(20)23)10-12-2-6-14(19)7-3-12/h2-9,16H,10H2,1H3,(H2,20,23)(H,21,24)/t16-/m0/s1. The predicted octanol–water partition coefficient (Wildman–Crippen LogP) is 2.04. The highest BCUT2D eigenvalue weighted by molar-refractivity contribution is 14.1. The Hall–Kier alpha value is -2.42. The molecule has 0 saturated heterocycles. The molecule has 2 aromatic rings. The fraction of sp³-hybridized carbons (Fsp3) is 0.167. The molecule has 0 aliphatic heterocycles. The highest BCUT2D eigenvalue weighted by Crippen LogP contribution is 2.13. The topological polar surface area (TPSA) is 98.5 Å². The normalized spacial score (nSPS) is 11.4. The number of carbonyl (C=O) groups is 3. The molecule has 2 rings (SSSR count). The summed E-state index contributed by atoms with van der Waals surface area (Å²) in [6.45, 7) is 1.29. The minimum absolute atomic E-state index is 0.309. The maximum Gasteiger partial charge on any atom is 0.308 e. The number of hydrogen-bond donors (Lipinski definition) is 2. The molecule has 130 valence electrons. The van der Waals surface area contributed by atoms with Gasteiger partial charge in [-0.05, 0) is 64.6 Å². The van der Waals surface area contributed by atoms with Crippen LogP contribution >= 0.6 is 22.6 Å². The van der Waals surface area contributed by atoms with E-state index in [1.807, 2.05) is 24.3 Å². The summed E-state index contributed by atoms with van der Waals surface area (Å²) in [5.41, 5.74) is 6.64. The lowest BCUT2D eigenvalue weighted by Gasteiger charge is -2.16. The van der Waals surface area contributed by atoms with Gasteiger partial charge in [-0.3, -0.25) is 14.4 Å². The van der Waals surface area contributed by atoms with E-state index >= 15 is 0 Å². The van der Waals surface area contributed by atoms with Crippen LogP contribution < -0.4 is 15.8 Å². The third-order valence-electron chi connectivity index (χ3n) is 3.38. The molecule has 6 nitrogen and oxygen atoms in total. The molecule has 0 aliphatic rings. The molecule has 0 fully saturated rings. The summed E-state index contributed by atoms with van der Waals surface area (Å²) in [5, 5.41) is 2.63. The summed E-state index contributed by atoms with van der Waals surface area (Å²) in [6, 6.07) is 12.8. The Kier molecular flexibility index (Phi) is 6.51. The van der Waals surface area contributed by atoms with Crippen LogP contribution in [0.25, 0.3) is 0 Å². The van der Waals surface area contributed by atoms with Crippen LogP contribution in [0.4, 0.5) is 0 Å². The second kappa shape index (κ2) is 8.61. The first kappa shape index (κ1) is 18.9. The molecule has 0 saturated carbocycles. The van der Waals surface area contributed by atoms with Gasteiger partial charge in [0, 0.05) is 22.5 Å². The Bertz CT molecular complexity index is 773. The Balaban J connectivity index is 2.05. The highest BCUT2D eigenvalue weighted by Gasteiger charge is 2.19. The van der Waals surface area contributed by atoms with Crippen LogP contribution in [-0.2, 0) is 16.0 Å². The van der Waals surface area contributed by atoms with Gasteiger partial charge in [0.1, 0.15) is 11.8 Å². The number of hydrogen-bond acceptors (Lipinski definition) is 4. The van der Waals surface area contributed by atoms with Gasteiger partial charge in [0.2, 0.25) is 5.91 Å². The number of halogens is 1. The van der Waals surface area contributed by atoms with E-state index in [0.29, 0.717) is 17.7 Å². The van der Waals surface area contributed by atoms with Gasteiger partial charge in [-0.15, -0.1) is 0 Å². The summed E-state index contributed by atoms with van der Waals surface area (Å²) in [6.07, 6.45) is 0.309. The quantitative estimate of drug-likeness (QED) is 0.398. The molecule has 2 amide bonds. The number of rotatable bonds is 6. The van der Waals surface area contributed by atoms with Crippen molar-refractivity contribution in [3.63, 3.8) is 0 Å². The Morgan fingerprint density at radius 3 is 2.20 bits per heavy atom. The number of primary amides is 1. The van der Waals surface area contributed by atoms with Crippen LogP contribution in [0.1, 0.15) is 22.8 Å². The van der Waals surface area contributed by atoms with Crippen LogP contribution in [0.5, 0.6) is 5.75 Å². The van der Waals surface area contributed by atoms with E-state index in [1.54, 1.807) is 0 Å². The largest absolute Gasteiger partial charge is 0.427 e. The van der Waals surface area contributed by atoms with E-state index in [2.05, 4.69) is 27.9 Å². The summed E-state index contributed by atoms with van der Waals surface area (Å²) >= 11 is 2.19. The van der Waals surface area contributed by atoms with E-state index < -0.39 is 23.8 Å². The minimum Gasteiger partial charge on any atom is -0.427 e. The van der Waals surface area contributed by atoms with E-state index in [9.17, 15) is 14.4 Å². The second-order valence-corrected chi connectivity index (χ2v) is 6.62. The van der Waals surface area contributed by atoms with Crippen molar-refractivity contribution in [2.75, 3.05) is 0 Å². The van der Waals surface area contributed by atoms with Crippen molar-refractivity contribution in [2.45, 2.75) is 19.4 Å². The lowest BCUT2D eigenvalue weighted by atomic mass is 10.0. The molecular weight excluding hydrogens is 435 g/mol. The number of ether oxygens (including phenoxy) is 1. The maximum absolute atomic E-state index is 12.3. The van der Waals surface area contributed by atoms with Gasteiger partial charge in [0.05, 0.1) is 0 Å². The van der Waals surface area contributed by atoms with Crippen molar-refractivity contribution < 1.29 is 19.1 Å². The van der Waals surface area contributed by atoms with Crippen LogP contribution in [0.15, 0.2) is 48.5 Å². The van der Waals surface area contributed by atoms with E-state index in [0.717, 1.165) is 9.13 Å². The zero-order valence-electron chi connectivity index (χ0n) is 13.5. The second-order valence-electron chi connectivity index (χ2n) is 5.38. The summed E-state index contributed by atoms with van der Waals surface area (Å²) in [5.74, 6) is -1.13. The SMILES string of the molecule is CC(=O)Oc1ccc(C(=O)N[C@@H](Cc2ccc(I)cc2)C(N)=O)cc1. The van der Waals surface area contributed by atoms with Gasteiger partial charge >= 0.3 is 5.97 Å². The molecule has 0 spiro atoms. The van der Waals surface area contributed by atoms with Crippen LogP contribution in [0.3, 0.4) is 0 Å². The number of carbonyl (C=O) groups excluding carboxylic acids is 3. The number of esters is 1. The van der Waals surface area contributed by atoms with Crippen molar-refractivity contribution in [2.24, 2.45) is 5.73 Å². The molecule has 2 aromatic carbocycles. The van der Waals surface area contributed by atoms with Crippen LogP contribution in [0, 0.1) is 3.57 Å². The first-order valence-corrected chi connectivity index (χ1v) is 8.56. The Morgan fingerprint density at radius 2 is 1.68 bits per heavy atom. The molecule has 3 N–H and O–H groups in total. The first-order chi connectivity index (χ1) is 11.8. The van der Waals surface area contributed by atoms with Crippen molar-refractivity contribution in [1.29, 1.82) is 0 Å². The molecule has 0 aliphatic carbocycles. The lowest BCUT2D eigenvalue weighted by Crippen LogP contribution is -2.45. The van der Waals surface area contributed by atoms with Crippen molar-refractivity contribution >= 4 is 40.4 Å². The number of nitrogens with one attached hydrogen (secondary N) is 1. The average molecular weight is 452 g/mol. The van der Waals surface area contributed by atoms with E-state index in [-0.39, 0.29) is 0 Å². The number of benzene rings is 2. The van der Waals surface area contributed by atoms with Gasteiger partial charge < -0.3 is 15.8 Å². The molecule has 0 radical (unpaired) electrons. The molecule has 0 bridgehead atoms. The third-order valence-corrected chi connectivity index (χ3v) is 4.10. The average Bonchev–Trinajstić information content (AvgIpc) is 2.56. The van der Waals surface area contributed by atoms with E-state index in [1.165, 1.54) is 31.2 Å². The zero-order valence-corrected chi connectivity index (χ0v) is 15.6. The van der Waals surface area contributed by atoms with Gasteiger partial charge in [-0.25, -0.2) is 0 Å². The highest BCUT2D eigenvalue weighted by atomic mass is 127. The van der Waals surface area contributed by atoms with Gasteiger partial charge in [-0.1, -0.05) is 12.1 Å².